The van der Waals surface area contributed by atoms with Gasteiger partial charge < -0.3 is 18.4 Å². The predicted molar refractivity (Wildman–Crippen MR) is 169 cm³/mol. The number of ether oxygens (including phenoxy) is 2. The SMILES string of the molecule is CCCCCCCCCCCC[N+](C)(C)CC(=O)OCCOC(=O)C[N+](C)(C)CCCCCCCCCCCC. The first-order chi connectivity index (χ1) is 19.1. The first kappa shape index (κ1) is 38.9. The van der Waals surface area contributed by atoms with Gasteiger partial charge in [-0.05, 0) is 25.7 Å². The number of likely N-dealkylation sites (N-methyl/N-ethyl adjacent to an activating group) is 2. The molecule has 0 unspecified atom stereocenters. The number of rotatable bonds is 29. The van der Waals surface area contributed by atoms with E-state index in [1.165, 1.54) is 116 Å². The molecule has 0 heterocycles. The summed E-state index contributed by atoms with van der Waals surface area (Å²) < 4.78 is 12.0. The maximum absolute atomic E-state index is 12.3. The molecular formula is C34H70N2O4+2. The first-order valence-corrected chi connectivity index (χ1v) is 17.1. The number of quaternary nitrogens is 2. The molecule has 0 aliphatic heterocycles. The average molecular weight is 571 g/mol. The van der Waals surface area contributed by atoms with E-state index in [4.69, 9.17) is 9.47 Å². The fourth-order valence-corrected chi connectivity index (χ4v) is 5.31. The van der Waals surface area contributed by atoms with Gasteiger partial charge in [0.15, 0.2) is 13.1 Å². The third-order valence-electron chi connectivity index (χ3n) is 7.96. The Morgan fingerprint density at radius 1 is 0.425 bits per heavy atom. The maximum atomic E-state index is 12.3. The van der Waals surface area contributed by atoms with Crippen LogP contribution in [-0.4, -0.2) is 88.5 Å². The number of unbranched alkanes of at least 4 members (excludes halogenated alkanes) is 18. The van der Waals surface area contributed by atoms with Crippen LogP contribution in [0.3, 0.4) is 0 Å². The quantitative estimate of drug-likeness (QED) is 0.0518. The van der Waals surface area contributed by atoms with E-state index in [-0.39, 0.29) is 25.2 Å². The summed E-state index contributed by atoms with van der Waals surface area (Å²) in [5.41, 5.74) is 0. The van der Waals surface area contributed by atoms with E-state index < -0.39 is 0 Å². The van der Waals surface area contributed by atoms with Crippen LogP contribution < -0.4 is 0 Å². The topological polar surface area (TPSA) is 52.6 Å². The fourth-order valence-electron chi connectivity index (χ4n) is 5.31. The van der Waals surface area contributed by atoms with Gasteiger partial charge in [0.25, 0.3) is 0 Å². The minimum absolute atomic E-state index is 0.134. The van der Waals surface area contributed by atoms with Crippen molar-refractivity contribution in [3.05, 3.63) is 0 Å². The summed E-state index contributed by atoms with van der Waals surface area (Å²) in [5.74, 6) is -0.435. The van der Waals surface area contributed by atoms with Crippen molar-refractivity contribution in [2.45, 2.75) is 142 Å². The summed E-state index contributed by atoms with van der Waals surface area (Å²) in [5, 5.41) is 0. The molecule has 0 spiro atoms. The zero-order valence-corrected chi connectivity index (χ0v) is 27.9. The van der Waals surface area contributed by atoms with Crippen LogP contribution in [0.2, 0.25) is 0 Å². The highest BCUT2D eigenvalue weighted by atomic mass is 16.6. The Hall–Kier alpha value is -1.14. The number of hydrogen-bond acceptors (Lipinski definition) is 4. The van der Waals surface area contributed by atoms with Crippen molar-refractivity contribution >= 4 is 11.9 Å². The van der Waals surface area contributed by atoms with Gasteiger partial charge in [-0.25, -0.2) is 9.59 Å². The van der Waals surface area contributed by atoms with Crippen LogP contribution in [0.5, 0.6) is 0 Å². The number of carbonyl (C=O) groups excluding carboxylic acids is 2. The standard InChI is InChI=1S/C34H70N2O4/c1-7-9-11-13-15-17-19-21-23-25-27-35(3,4)31-33(37)39-29-30-40-34(38)32-36(5,6)28-26-24-22-20-18-16-14-12-10-8-2/h7-32H2,1-6H3/q+2. The monoisotopic (exact) mass is 571 g/mol. The normalized spacial score (nSPS) is 12.1. The van der Waals surface area contributed by atoms with Crippen molar-refractivity contribution in [1.82, 2.24) is 0 Å². The largest absolute Gasteiger partial charge is 0.458 e. The van der Waals surface area contributed by atoms with Gasteiger partial charge in [-0.2, -0.15) is 0 Å². The molecule has 238 valence electrons. The van der Waals surface area contributed by atoms with Crippen molar-refractivity contribution in [2.24, 2.45) is 0 Å². The fraction of sp³-hybridized carbons (Fsp3) is 0.941. The van der Waals surface area contributed by atoms with Gasteiger partial charge in [-0.15, -0.1) is 0 Å². The van der Waals surface area contributed by atoms with Gasteiger partial charge >= 0.3 is 11.9 Å². The summed E-state index contributed by atoms with van der Waals surface area (Å²) in [4.78, 5) is 24.6. The highest BCUT2D eigenvalue weighted by Crippen LogP contribution is 2.13. The van der Waals surface area contributed by atoms with E-state index in [0.29, 0.717) is 22.1 Å². The van der Waals surface area contributed by atoms with E-state index >= 15 is 0 Å². The van der Waals surface area contributed by atoms with E-state index in [9.17, 15) is 9.59 Å². The van der Waals surface area contributed by atoms with Crippen molar-refractivity contribution in [3.63, 3.8) is 0 Å². The van der Waals surface area contributed by atoms with E-state index in [0.717, 1.165) is 25.9 Å². The average Bonchev–Trinajstić information content (AvgIpc) is 2.88. The Kier molecular flexibility index (Phi) is 24.8. The number of nitrogens with zero attached hydrogens (tertiary/aromatic N) is 2. The second kappa shape index (κ2) is 25.6. The number of esters is 2. The van der Waals surface area contributed by atoms with Crippen LogP contribution in [0.1, 0.15) is 142 Å². The van der Waals surface area contributed by atoms with Gasteiger partial charge in [-0.1, -0.05) is 117 Å². The molecule has 0 aliphatic carbocycles. The highest BCUT2D eigenvalue weighted by Gasteiger charge is 2.22. The zero-order chi connectivity index (χ0) is 30.0. The molecule has 0 atom stereocenters. The molecule has 0 amide bonds. The predicted octanol–water partition coefficient (Wildman–Crippen LogP) is 8.07. The summed E-state index contributed by atoms with van der Waals surface area (Å²) in [6.45, 7) is 7.46. The lowest BCUT2D eigenvalue weighted by atomic mass is 10.1. The molecule has 40 heavy (non-hydrogen) atoms. The second-order valence-electron chi connectivity index (χ2n) is 13.4. The molecule has 0 aromatic heterocycles. The summed E-state index contributed by atoms with van der Waals surface area (Å²) in [6, 6.07) is 0. The Bertz CT molecular complexity index is 555. The Balaban J connectivity index is 3.78. The van der Waals surface area contributed by atoms with Gasteiger partial charge in [0.1, 0.15) is 13.2 Å². The van der Waals surface area contributed by atoms with Crippen LogP contribution in [0.25, 0.3) is 0 Å². The maximum Gasteiger partial charge on any atom is 0.361 e. The lowest BCUT2D eigenvalue weighted by Crippen LogP contribution is -2.45. The molecule has 6 heteroatoms. The van der Waals surface area contributed by atoms with Crippen LogP contribution >= 0.6 is 0 Å². The number of carbonyl (C=O) groups is 2. The molecule has 0 rings (SSSR count). The van der Waals surface area contributed by atoms with Crippen LogP contribution in [0, 0.1) is 0 Å². The van der Waals surface area contributed by atoms with Gasteiger partial charge in [0.05, 0.1) is 41.3 Å². The summed E-state index contributed by atoms with van der Waals surface area (Å²) in [6.07, 6.45) is 26.4. The molecule has 0 bridgehead atoms. The smallest absolute Gasteiger partial charge is 0.361 e. The first-order valence-electron chi connectivity index (χ1n) is 17.1. The highest BCUT2D eigenvalue weighted by molar-refractivity contribution is 5.71. The van der Waals surface area contributed by atoms with Gasteiger partial charge in [0, 0.05) is 0 Å². The second-order valence-corrected chi connectivity index (χ2v) is 13.4. The zero-order valence-electron chi connectivity index (χ0n) is 27.9. The minimum Gasteiger partial charge on any atom is -0.458 e. The molecule has 0 aliphatic rings. The molecule has 0 saturated heterocycles. The summed E-state index contributed by atoms with van der Waals surface area (Å²) >= 11 is 0. The molecule has 6 nitrogen and oxygen atoms in total. The molecule has 0 fully saturated rings. The van der Waals surface area contributed by atoms with Gasteiger partial charge in [-0.3, -0.25) is 0 Å². The lowest BCUT2D eigenvalue weighted by molar-refractivity contribution is -0.883. The third-order valence-corrected chi connectivity index (χ3v) is 7.96. The Morgan fingerprint density at radius 2 is 0.675 bits per heavy atom. The Labute approximate surface area is 249 Å². The summed E-state index contributed by atoms with van der Waals surface area (Å²) in [7, 11) is 8.35. The molecule has 0 aromatic rings. The van der Waals surface area contributed by atoms with Crippen molar-refractivity contribution in [3.8, 4) is 0 Å². The molecular weight excluding hydrogens is 500 g/mol. The Morgan fingerprint density at radius 3 is 0.950 bits per heavy atom. The van der Waals surface area contributed by atoms with Gasteiger partial charge in [0.2, 0.25) is 0 Å². The van der Waals surface area contributed by atoms with Crippen LogP contribution in [0.4, 0.5) is 0 Å². The number of hydrogen-bond donors (Lipinski definition) is 0. The van der Waals surface area contributed by atoms with Crippen LogP contribution in [-0.2, 0) is 19.1 Å². The third kappa shape index (κ3) is 27.1. The molecule has 0 saturated carbocycles. The van der Waals surface area contributed by atoms with E-state index in [1.54, 1.807) is 0 Å². The molecule has 0 N–H and O–H groups in total. The van der Waals surface area contributed by atoms with E-state index in [1.807, 2.05) is 0 Å². The lowest BCUT2D eigenvalue weighted by Gasteiger charge is -2.29. The van der Waals surface area contributed by atoms with Crippen molar-refractivity contribution < 1.29 is 28.0 Å². The van der Waals surface area contributed by atoms with Crippen LogP contribution in [0.15, 0.2) is 0 Å². The minimum atomic E-state index is -0.217. The van der Waals surface area contributed by atoms with E-state index in [2.05, 4.69) is 42.0 Å². The van der Waals surface area contributed by atoms with Crippen molar-refractivity contribution in [2.75, 3.05) is 67.6 Å². The van der Waals surface area contributed by atoms with Crippen molar-refractivity contribution in [1.29, 1.82) is 0 Å². The molecule has 0 aromatic carbocycles. The molecule has 0 radical (unpaired) electrons.